The summed E-state index contributed by atoms with van der Waals surface area (Å²) in [6.07, 6.45) is -1.31. The minimum Gasteiger partial charge on any atom is -0.467 e. The first-order chi connectivity index (χ1) is 8.13. The molecule has 0 saturated carbocycles. The van der Waals surface area contributed by atoms with Crippen molar-refractivity contribution in [2.45, 2.75) is 10.3 Å². The van der Waals surface area contributed by atoms with E-state index in [1.54, 1.807) is 11.3 Å². The largest absolute Gasteiger partial charge is 0.467 e. The molecule has 1 unspecified atom stereocenters. The van der Waals surface area contributed by atoms with E-state index in [0.717, 1.165) is 4.21 Å². The molecule has 5 nitrogen and oxygen atoms in total. The first-order valence-corrected chi connectivity index (χ1v) is 6.69. The lowest BCUT2D eigenvalue weighted by molar-refractivity contribution is -0.150. The number of carbonyl (C=O) groups excluding carboxylic acids is 2. The van der Waals surface area contributed by atoms with Gasteiger partial charge in [-0.05, 0) is 11.4 Å². The number of nitrogens with one attached hydrogen (secondary N) is 1. The van der Waals surface area contributed by atoms with Crippen LogP contribution in [0.5, 0.6) is 0 Å². The number of aliphatic hydroxyl groups excluding tert-OH is 1. The molecule has 0 radical (unpaired) electrons. The van der Waals surface area contributed by atoms with Crippen LogP contribution in [0.4, 0.5) is 0 Å². The fourth-order valence-electron chi connectivity index (χ4n) is 0.963. The monoisotopic (exact) mass is 275 g/mol. The number of amides is 1. The molecule has 1 aromatic heterocycles. The third-order valence-electron chi connectivity index (χ3n) is 1.81. The number of esters is 1. The first kappa shape index (κ1) is 14.0. The third-order valence-corrected chi connectivity index (χ3v) is 3.94. The predicted molar refractivity (Wildman–Crippen MR) is 66.1 cm³/mol. The summed E-state index contributed by atoms with van der Waals surface area (Å²) >= 11 is 2.97. The standard InChI is InChI=1S/C10H13NO4S2/c1-15-10(14)7(12)5-11-8(13)6-17-9-3-2-4-16-9/h2-4,7,12H,5-6H2,1H3,(H,11,13). The average Bonchev–Trinajstić information content (AvgIpc) is 2.85. The van der Waals surface area contributed by atoms with Gasteiger partial charge < -0.3 is 15.2 Å². The Hall–Kier alpha value is -1.05. The minimum absolute atomic E-state index is 0.128. The highest BCUT2D eigenvalue weighted by atomic mass is 32.2. The van der Waals surface area contributed by atoms with Gasteiger partial charge in [-0.1, -0.05) is 6.07 Å². The zero-order valence-electron chi connectivity index (χ0n) is 9.21. The van der Waals surface area contributed by atoms with Gasteiger partial charge in [0.25, 0.3) is 0 Å². The zero-order chi connectivity index (χ0) is 12.7. The molecule has 17 heavy (non-hydrogen) atoms. The maximum Gasteiger partial charge on any atom is 0.336 e. The summed E-state index contributed by atoms with van der Waals surface area (Å²) < 4.78 is 5.37. The van der Waals surface area contributed by atoms with Crippen molar-refractivity contribution in [3.63, 3.8) is 0 Å². The van der Waals surface area contributed by atoms with Crippen LogP contribution < -0.4 is 5.32 Å². The highest BCUT2D eigenvalue weighted by molar-refractivity contribution is 8.01. The molecule has 0 saturated heterocycles. The van der Waals surface area contributed by atoms with Gasteiger partial charge in [0.1, 0.15) is 0 Å². The van der Waals surface area contributed by atoms with E-state index in [0.29, 0.717) is 0 Å². The number of rotatable bonds is 6. The summed E-state index contributed by atoms with van der Waals surface area (Å²) in [4.78, 5) is 22.2. The second kappa shape index (κ2) is 7.31. The molecule has 7 heteroatoms. The van der Waals surface area contributed by atoms with E-state index >= 15 is 0 Å². The van der Waals surface area contributed by atoms with Crippen LogP contribution >= 0.6 is 23.1 Å². The molecule has 2 N–H and O–H groups in total. The number of thioether (sulfide) groups is 1. The van der Waals surface area contributed by atoms with Gasteiger partial charge >= 0.3 is 5.97 Å². The van der Waals surface area contributed by atoms with Gasteiger partial charge in [0.2, 0.25) is 5.91 Å². The van der Waals surface area contributed by atoms with E-state index in [1.807, 2.05) is 17.5 Å². The molecule has 0 fully saturated rings. The molecule has 1 amide bonds. The van der Waals surface area contributed by atoms with Crippen LogP contribution in [0.25, 0.3) is 0 Å². The smallest absolute Gasteiger partial charge is 0.336 e. The lowest BCUT2D eigenvalue weighted by Gasteiger charge is -2.09. The average molecular weight is 275 g/mol. The minimum atomic E-state index is -1.31. The number of methoxy groups -OCH3 is 1. The second-order valence-corrected chi connectivity index (χ2v) is 5.29. The Morgan fingerprint density at radius 1 is 1.65 bits per heavy atom. The van der Waals surface area contributed by atoms with E-state index < -0.39 is 12.1 Å². The van der Waals surface area contributed by atoms with Crippen molar-refractivity contribution in [3.8, 4) is 0 Å². The van der Waals surface area contributed by atoms with Gasteiger partial charge in [-0.2, -0.15) is 0 Å². The molecule has 1 aromatic rings. The van der Waals surface area contributed by atoms with Gasteiger partial charge in [-0.3, -0.25) is 4.79 Å². The molecule has 0 aliphatic carbocycles. The van der Waals surface area contributed by atoms with E-state index in [-0.39, 0.29) is 18.2 Å². The number of thiophene rings is 1. The van der Waals surface area contributed by atoms with Gasteiger partial charge in [-0.15, -0.1) is 23.1 Å². The molecule has 0 bridgehead atoms. The second-order valence-electron chi connectivity index (χ2n) is 3.06. The Balaban J connectivity index is 2.19. The molecule has 94 valence electrons. The Kier molecular flexibility index (Phi) is 6.03. The van der Waals surface area contributed by atoms with Crippen LogP contribution in [0.2, 0.25) is 0 Å². The van der Waals surface area contributed by atoms with Crippen LogP contribution in [-0.2, 0) is 14.3 Å². The third kappa shape index (κ3) is 5.20. The molecule has 0 aromatic carbocycles. The predicted octanol–water partition coefficient (Wildman–Crippen LogP) is 0.490. The first-order valence-electron chi connectivity index (χ1n) is 4.82. The van der Waals surface area contributed by atoms with Gasteiger partial charge in [0.05, 0.1) is 23.6 Å². The lowest BCUT2D eigenvalue weighted by Crippen LogP contribution is -2.37. The summed E-state index contributed by atoms with van der Waals surface area (Å²) in [5, 5.41) is 13.6. The Morgan fingerprint density at radius 3 is 3.00 bits per heavy atom. The molecule has 1 rings (SSSR count). The SMILES string of the molecule is COC(=O)C(O)CNC(=O)CSc1cccs1. The Bertz CT molecular complexity index is 366. The van der Waals surface area contributed by atoms with Gasteiger partial charge in [0.15, 0.2) is 6.10 Å². The molecule has 0 spiro atoms. The van der Waals surface area contributed by atoms with Crippen molar-refractivity contribution in [2.75, 3.05) is 19.4 Å². The maximum atomic E-state index is 11.4. The normalized spacial score (nSPS) is 11.9. The molecular weight excluding hydrogens is 262 g/mol. The molecular formula is C10H13NO4S2. The van der Waals surface area contributed by atoms with Crippen molar-refractivity contribution in [3.05, 3.63) is 17.5 Å². The number of carbonyl (C=O) groups is 2. The van der Waals surface area contributed by atoms with Crippen molar-refractivity contribution in [1.29, 1.82) is 0 Å². The van der Waals surface area contributed by atoms with Crippen LogP contribution in [-0.4, -0.2) is 42.5 Å². The summed E-state index contributed by atoms with van der Waals surface area (Å²) in [5.74, 6) is -0.725. The molecule has 0 aliphatic heterocycles. The van der Waals surface area contributed by atoms with E-state index in [2.05, 4.69) is 10.1 Å². The zero-order valence-corrected chi connectivity index (χ0v) is 10.8. The summed E-state index contributed by atoms with van der Waals surface area (Å²) in [7, 11) is 1.18. The van der Waals surface area contributed by atoms with Crippen molar-refractivity contribution < 1.29 is 19.4 Å². The van der Waals surface area contributed by atoms with E-state index in [9.17, 15) is 14.7 Å². The number of aliphatic hydroxyl groups is 1. The van der Waals surface area contributed by atoms with Crippen molar-refractivity contribution in [2.24, 2.45) is 0 Å². The summed E-state index contributed by atoms with van der Waals surface area (Å²) in [6.45, 7) is -0.128. The van der Waals surface area contributed by atoms with Crippen LogP contribution in [0.15, 0.2) is 21.7 Å². The fraction of sp³-hybridized carbons (Fsp3) is 0.400. The Morgan fingerprint density at radius 2 is 2.41 bits per heavy atom. The van der Waals surface area contributed by atoms with Crippen molar-refractivity contribution >= 4 is 35.0 Å². The van der Waals surface area contributed by atoms with Crippen LogP contribution in [0, 0.1) is 0 Å². The van der Waals surface area contributed by atoms with E-state index in [4.69, 9.17) is 0 Å². The van der Waals surface area contributed by atoms with Crippen LogP contribution in [0.1, 0.15) is 0 Å². The van der Waals surface area contributed by atoms with Gasteiger partial charge in [0, 0.05) is 0 Å². The van der Waals surface area contributed by atoms with Gasteiger partial charge in [-0.25, -0.2) is 4.79 Å². The highest BCUT2D eigenvalue weighted by Crippen LogP contribution is 2.22. The topological polar surface area (TPSA) is 75.6 Å². The highest BCUT2D eigenvalue weighted by Gasteiger charge is 2.16. The maximum absolute atomic E-state index is 11.4. The van der Waals surface area contributed by atoms with E-state index in [1.165, 1.54) is 18.9 Å². The molecule has 0 aliphatic rings. The number of hydrogen-bond acceptors (Lipinski definition) is 6. The fourth-order valence-corrected chi connectivity index (χ4v) is 2.58. The molecule has 1 heterocycles. The number of hydrogen-bond donors (Lipinski definition) is 2. The summed E-state index contributed by atoms with van der Waals surface area (Å²) in [5.41, 5.74) is 0. The Labute approximate surface area is 107 Å². The lowest BCUT2D eigenvalue weighted by atomic mass is 10.3. The molecule has 1 atom stereocenters. The quantitative estimate of drug-likeness (QED) is 0.584. The van der Waals surface area contributed by atoms with Crippen LogP contribution in [0.3, 0.4) is 0 Å². The number of ether oxygens (including phenoxy) is 1. The summed E-state index contributed by atoms with van der Waals surface area (Å²) in [6, 6.07) is 3.83. The van der Waals surface area contributed by atoms with Crippen molar-refractivity contribution in [1.82, 2.24) is 5.32 Å².